The Bertz CT molecular complexity index is 1250. The fraction of sp³-hybridized carbons (Fsp3) is 0.292. The minimum Gasteiger partial charge on any atom is -0.506 e. The van der Waals surface area contributed by atoms with Gasteiger partial charge in [-0.3, -0.25) is 9.59 Å². The molecule has 0 radical (unpaired) electrons. The molecule has 0 saturated carbocycles. The van der Waals surface area contributed by atoms with E-state index in [1.165, 1.54) is 32.1 Å². The van der Waals surface area contributed by atoms with E-state index in [0.717, 1.165) is 12.8 Å². The van der Waals surface area contributed by atoms with Crippen molar-refractivity contribution in [1.82, 2.24) is 9.99 Å². The van der Waals surface area contributed by atoms with Gasteiger partial charge in [-0.1, -0.05) is 25.5 Å². The van der Waals surface area contributed by atoms with E-state index in [9.17, 15) is 14.7 Å². The van der Waals surface area contributed by atoms with E-state index < -0.39 is 11.5 Å². The first-order valence-electron chi connectivity index (χ1n) is 10.4. The van der Waals surface area contributed by atoms with E-state index in [1.54, 1.807) is 36.4 Å². The molecular formula is C24H27N3O6. The number of hydrogen-bond acceptors (Lipinski definition) is 7. The highest BCUT2D eigenvalue weighted by atomic mass is 16.5. The average molecular weight is 453 g/mol. The van der Waals surface area contributed by atoms with Gasteiger partial charge in [-0.2, -0.15) is 5.10 Å². The van der Waals surface area contributed by atoms with Crippen LogP contribution >= 0.6 is 0 Å². The van der Waals surface area contributed by atoms with Crippen molar-refractivity contribution in [3.63, 3.8) is 0 Å². The molecule has 1 aromatic heterocycles. The maximum Gasteiger partial charge on any atom is 0.280 e. The first kappa shape index (κ1) is 23.6. The van der Waals surface area contributed by atoms with Crippen LogP contribution in [-0.4, -0.2) is 43.1 Å². The number of hydrogen-bond donors (Lipinski definition) is 2. The number of unbranched alkanes of at least 4 members (excludes halogenated alkanes) is 1. The van der Waals surface area contributed by atoms with Gasteiger partial charge < -0.3 is 23.9 Å². The number of para-hydroxylation sites is 1. The Morgan fingerprint density at radius 2 is 1.91 bits per heavy atom. The molecule has 2 aromatic carbocycles. The molecule has 33 heavy (non-hydrogen) atoms. The van der Waals surface area contributed by atoms with Gasteiger partial charge in [-0.05, 0) is 24.6 Å². The molecule has 0 saturated heterocycles. The van der Waals surface area contributed by atoms with Crippen molar-refractivity contribution in [2.24, 2.45) is 5.10 Å². The molecule has 0 aliphatic carbocycles. The fourth-order valence-electron chi connectivity index (χ4n) is 3.53. The largest absolute Gasteiger partial charge is 0.506 e. The Morgan fingerprint density at radius 3 is 2.58 bits per heavy atom. The van der Waals surface area contributed by atoms with Crippen LogP contribution in [0.15, 0.2) is 46.3 Å². The number of hydrazone groups is 1. The quantitative estimate of drug-likeness (QED) is 0.380. The van der Waals surface area contributed by atoms with Crippen molar-refractivity contribution < 1.29 is 24.1 Å². The maximum atomic E-state index is 13.1. The van der Waals surface area contributed by atoms with Gasteiger partial charge in [0.15, 0.2) is 11.5 Å². The molecule has 0 spiro atoms. The summed E-state index contributed by atoms with van der Waals surface area (Å²) in [5.41, 5.74) is 2.44. The second-order valence-corrected chi connectivity index (χ2v) is 7.20. The predicted octanol–water partition coefficient (Wildman–Crippen LogP) is 3.30. The summed E-state index contributed by atoms with van der Waals surface area (Å²) in [6.45, 7) is 2.44. The predicted molar refractivity (Wildman–Crippen MR) is 126 cm³/mol. The number of aromatic nitrogens is 1. The summed E-state index contributed by atoms with van der Waals surface area (Å²) in [5.74, 6) is 0.129. The fourth-order valence-corrected chi connectivity index (χ4v) is 3.53. The molecular weight excluding hydrogens is 426 g/mol. The lowest BCUT2D eigenvalue weighted by Crippen LogP contribution is -2.31. The first-order valence-corrected chi connectivity index (χ1v) is 10.4. The van der Waals surface area contributed by atoms with E-state index >= 15 is 0 Å². The summed E-state index contributed by atoms with van der Waals surface area (Å²) in [4.78, 5) is 26.0. The van der Waals surface area contributed by atoms with Crippen LogP contribution in [0.1, 0.15) is 35.7 Å². The second-order valence-electron chi connectivity index (χ2n) is 7.20. The molecule has 0 aliphatic rings. The number of rotatable bonds is 9. The van der Waals surface area contributed by atoms with Crippen LogP contribution < -0.4 is 25.2 Å². The molecule has 174 valence electrons. The van der Waals surface area contributed by atoms with Gasteiger partial charge >= 0.3 is 0 Å². The number of methoxy groups -OCH3 is 3. The highest BCUT2D eigenvalue weighted by Gasteiger charge is 2.22. The molecule has 9 nitrogen and oxygen atoms in total. The smallest absolute Gasteiger partial charge is 0.280 e. The lowest BCUT2D eigenvalue weighted by atomic mass is 10.1. The maximum absolute atomic E-state index is 13.1. The van der Waals surface area contributed by atoms with Crippen LogP contribution in [0.4, 0.5) is 0 Å². The van der Waals surface area contributed by atoms with Gasteiger partial charge in [0.05, 0.1) is 33.1 Å². The van der Waals surface area contributed by atoms with Gasteiger partial charge in [0, 0.05) is 23.6 Å². The lowest BCUT2D eigenvalue weighted by Gasteiger charge is -2.14. The van der Waals surface area contributed by atoms with Crippen molar-refractivity contribution in [1.29, 1.82) is 0 Å². The zero-order chi connectivity index (χ0) is 24.0. The molecule has 1 amide bonds. The number of amides is 1. The van der Waals surface area contributed by atoms with Crippen LogP contribution in [0.3, 0.4) is 0 Å². The third-order valence-electron chi connectivity index (χ3n) is 5.19. The van der Waals surface area contributed by atoms with Gasteiger partial charge in [-0.25, -0.2) is 5.43 Å². The van der Waals surface area contributed by atoms with Crippen LogP contribution in [0.2, 0.25) is 0 Å². The molecule has 0 bridgehead atoms. The van der Waals surface area contributed by atoms with E-state index in [-0.39, 0.29) is 11.3 Å². The zero-order valence-corrected chi connectivity index (χ0v) is 19.0. The summed E-state index contributed by atoms with van der Waals surface area (Å²) >= 11 is 0. The zero-order valence-electron chi connectivity index (χ0n) is 19.0. The van der Waals surface area contributed by atoms with Crippen LogP contribution in [0, 0.1) is 0 Å². The number of pyridine rings is 1. The van der Waals surface area contributed by atoms with Gasteiger partial charge in [0.1, 0.15) is 17.1 Å². The third kappa shape index (κ3) is 4.77. The summed E-state index contributed by atoms with van der Waals surface area (Å²) in [6, 6.07) is 10.2. The number of carbonyl (C=O) groups excluding carboxylic acids is 1. The van der Waals surface area contributed by atoms with Gasteiger partial charge in [0.25, 0.3) is 11.5 Å². The molecule has 0 fully saturated rings. The van der Waals surface area contributed by atoms with Crippen molar-refractivity contribution in [2.75, 3.05) is 21.3 Å². The highest BCUT2D eigenvalue weighted by molar-refractivity contribution is 6.02. The van der Waals surface area contributed by atoms with Gasteiger partial charge in [0.2, 0.25) is 0 Å². The number of fused-ring (bicyclic) bond motifs is 1. The molecule has 0 unspecified atom stereocenters. The van der Waals surface area contributed by atoms with Crippen LogP contribution in [0.25, 0.3) is 10.9 Å². The minimum atomic E-state index is -0.821. The van der Waals surface area contributed by atoms with E-state index in [2.05, 4.69) is 10.5 Å². The molecule has 3 rings (SSSR count). The van der Waals surface area contributed by atoms with Gasteiger partial charge in [-0.15, -0.1) is 0 Å². The van der Waals surface area contributed by atoms with Crippen molar-refractivity contribution in [2.45, 2.75) is 26.3 Å². The molecule has 1 heterocycles. The number of carbonyl (C=O) groups is 1. The third-order valence-corrected chi connectivity index (χ3v) is 5.19. The van der Waals surface area contributed by atoms with Crippen LogP contribution in [0.5, 0.6) is 23.0 Å². The topological polar surface area (TPSA) is 111 Å². The Hall–Kier alpha value is -4.01. The Balaban J connectivity index is 1.98. The Kier molecular flexibility index (Phi) is 7.55. The summed E-state index contributed by atoms with van der Waals surface area (Å²) < 4.78 is 17.4. The van der Waals surface area contributed by atoms with Crippen molar-refractivity contribution in [3.05, 3.63) is 57.9 Å². The number of ether oxygens (including phenoxy) is 3. The summed E-state index contributed by atoms with van der Waals surface area (Å²) in [6.07, 6.45) is 2.97. The Labute approximate surface area is 191 Å². The number of nitrogens with zero attached hydrogens (tertiary/aromatic N) is 2. The van der Waals surface area contributed by atoms with E-state index in [1.807, 2.05) is 6.92 Å². The molecule has 9 heteroatoms. The first-order chi connectivity index (χ1) is 16.0. The molecule has 2 N–H and O–H groups in total. The molecule has 3 aromatic rings. The number of nitrogens with one attached hydrogen (secondary N) is 1. The van der Waals surface area contributed by atoms with Crippen molar-refractivity contribution in [3.8, 4) is 23.0 Å². The lowest BCUT2D eigenvalue weighted by molar-refractivity contribution is 0.0950. The monoisotopic (exact) mass is 453 g/mol. The minimum absolute atomic E-state index is 0.364. The normalized spacial score (nSPS) is 11.0. The highest BCUT2D eigenvalue weighted by Crippen LogP contribution is 2.34. The molecule has 0 atom stereocenters. The SMILES string of the molecule is CCCCn1c(=O)c(C(=O)N/N=C\c2cc(OC)cc(OC)c2OC)c(O)c2ccccc21. The van der Waals surface area contributed by atoms with E-state index in [0.29, 0.717) is 40.3 Å². The van der Waals surface area contributed by atoms with Crippen LogP contribution in [-0.2, 0) is 6.54 Å². The second kappa shape index (κ2) is 10.5. The summed E-state index contributed by atoms with van der Waals surface area (Å²) in [5, 5.41) is 15.1. The average Bonchev–Trinajstić information content (AvgIpc) is 2.83. The summed E-state index contributed by atoms with van der Waals surface area (Å²) in [7, 11) is 4.48. The number of aryl methyl sites for hydroxylation is 1. The van der Waals surface area contributed by atoms with E-state index in [4.69, 9.17) is 14.2 Å². The molecule has 0 aliphatic heterocycles. The Morgan fingerprint density at radius 1 is 1.15 bits per heavy atom. The standard InChI is InChI=1S/C24H27N3O6/c1-5-6-11-27-18-10-8-7-9-17(18)21(28)20(24(27)30)23(29)26-25-14-15-12-16(31-2)13-19(32-3)22(15)33-4/h7-10,12-14,28H,5-6,11H2,1-4H3,(H,26,29)/b25-14-. The number of aromatic hydroxyl groups is 1. The number of benzene rings is 2. The van der Waals surface area contributed by atoms with Crippen molar-refractivity contribution >= 4 is 23.0 Å².